The van der Waals surface area contributed by atoms with E-state index >= 15 is 0 Å². The van der Waals surface area contributed by atoms with Crippen molar-refractivity contribution in [3.05, 3.63) is 51.4 Å². The Balaban J connectivity index is 2.12. The Morgan fingerprint density at radius 1 is 1.05 bits per heavy atom. The van der Waals surface area contributed by atoms with Crippen LogP contribution < -0.4 is 15.4 Å². The second-order valence-corrected chi connectivity index (χ2v) is 6.03. The minimum Gasteiger partial charge on any atom is -0.495 e. The Labute approximate surface area is 140 Å². The molecular weight excluding hydrogens is 404 g/mol. The summed E-state index contributed by atoms with van der Waals surface area (Å²) in [5, 5.41) is 6.76. The summed E-state index contributed by atoms with van der Waals surface area (Å²) in [6, 6.07) is 13.5. The molecule has 0 fully saturated rings. The van der Waals surface area contributed by atoms with E-state index < -0.39 is 0 Å². The minimum absolute atomic E-state index is 0.515. The first kappa shape index (κ1) is 15.3. The van der Waals surface area contributed by atoms with Crippen molar-refractivity contribution in [1.82, 2.24) is 0 Å². The summed E-state index contributed by atoms with van der Waals surface area (Å²) in [4.78, 5) is 0. The molecule has 2 aromatic rings. The van der Waals surface area contributed by atoms with E-state index in [1.165, 1.54) is 0 Å². The summed E-state index contributed by atoms with van der Waals surface area (Å²) >= 11 is 12.2. The van der Waals surface area contributed by atoms with E-state index in [0.29, 0.717) is 5.11 Å². The van der Waals surface area contributed by atoms with E-state index in [1.807, 2.05) is 42.5 Å². The lowest BCUT2D eigenvalue weighted by molar-refractivity contribution is 0.412. The van der Waals surface area contributed by atoms with Gasteiger partial charge in [0, 0.05) is 16.2 Å². The predicted octanol–water partition coefficient (Wildman–Crippen LogP) is 5.03. The van der Waals surface area contributed by atoms with Crippen LogP contribution in [0.4, 0.5) is 11.4 Å². The lowest BCUT2D eigenvalue weighted by Crippen LogP contribution is -2.19. The number of anilines is 2. The molecule has 0 spiro atoms. The number of hydrogen-bond donors (Lipinski definition) is 2. The van der Waals surface area contributed by atoms with Gasteiger partial charge in [-0.2, -0.15) is 0 Å². The summed E-state index contributed by atoms with van der Waals surface area (Å²) in [7, 11) is 1.62. The first-order valence-corrected chi connectivity index (χ1v) is 7.75. The van der Waals surface area contributed by atoms with E-state index in [-0.39, 0.29) is 0 Å². The van der Waals surface area contributed by atoms with Crippen molar-refractivity contribution in [3.63, 3.8) is 0 Å². The largest absolute Gasteiger partial charge is 0.495 e. The first-order valence-electron chi connectivity index (χ1n) is 5.76. The van der Waals surface area contributed by atoms with Gasteiger partial charge in [-0.1, -0.05) is 18.2 Å². The summed E-state index contributed by atoms with van der Waals surface area (Å²) in [6.45, 7) is 0. The normalized spacial score (nSPS) is 9.95. The second kappa shape index (κ2) is 7.06. The lowest BCUT2D eigenvalue weighted by atomic mass is 10.3. The average Bonchev–Trinajstić information content (AvgIpc) is 2.43. The van der Waals surface area contributed by atoms with Crippen molar-refractivity contribution in [2.24, 2.45) is 0 Å². The van der Waals surface area contributed by atoms with Crippen molar-refractivity contribution in [2.45, 2.75) is 0 Å². The highest BCUT2D eigenvalue weighted by Gasteiger charge is 2.08. The SMILES string of the molecule is COc1cc(NC(=S)Nc2ccccc2)c(Br)cc1Br. The van der Waals surface area contributed by atoms with Crippen molar-refractivity contribution >= 4 is 60.6 Å². The lowest BCUT2D eigenvalue weighted by Gasteiger charge is -2.13. The van der Waals surface area contributed by atoms with Crippen LogP contribution in [0.15, 0.2) is 51.4 Å². The Hall–Kier alpha value is -1.11. The molecule has 0 saturated carbocycles. The summed E-state index contributed by atoms with van der Waals surface area (Å²) < 4.78 is 7.03. The van der Waals surface area contributed by atoms with E-state index in [1.54, 1.807) is 7.11 Å². The molecule has 0 unspecified atom stereocenters. The van der Waals surface area contributed by atoms with Crippen LogP contribution >= 0.6 is 44.1 Å². The quantitative estimate of drug-likeness (QED) is 0.688. The third-order valence-electron chi connectivity index (χ3n) is 2.52. The van der Waals surface area contributed by atoms with Gasteiger partial charge >= 0.3 is 0 Å². The smallest absolute Gasteiger partial charge is 0.175 e. The summed E-state index contributed by atoms with van der Waals surface area (Å²) in [6.07, 6.45) is 0. The average molecular weight is 416 g/mol. The molecule has 0 radical (unpaired) electrons. The number of benzene rings is 2. The van der Waals surface area contributed by atoms with Crippen molar-refractivity contribution in [3.8, 4) is 5.75 Å². The summed E-state index contributed by atoms with van der Waals surface area (Å²) in [5.74, 6) is 0.734. The molecular formula is C14H12Br2N2OS. The van der Waals surface area contributed by atoms with Gasteiger partial charge in [-0.15, -0.1) is 0 Å². The van der Waals surface area contributed by atoms with Crippen LogP contribution in [0.5, 0.6) is 5.75 Å². The highest BCUT2D eigenvalue weighted by atomic mass is 79.9. The van der Waals surface area contributed by atoms with Crippen LogP contribution in [-0.2, 0) is 0 Å². The Kier molecular flexibility index (Phi) is 5.39. The number of ether oxygens (including phenoxy) is 1. The number of halogens is 2. The maximum Gasteiger partial charge on any atom is 0.175 e. The molecule has 3 nitrogen and oxygen atoms in total. The van der Waals surface area contributed by atoms with Gasteiger partial charge in [0.1, 0.15) is 5.75 Å². The van der Waals surface area contributed by atoms with E-state index in [2.05, 4.69) is 42.5 Å². The number of thiocarbonyl (C=S) groups is 1. The zero-order chi connectivity index (χ0) is 14.5. The van der Waals surface area contributed by atoms with E-state index in [4.69, 9.17) is 17.0 Å². The standard InChI is InChI=1S/C14H12Br2N2OS/c1-19-13-8-12(10(15)7-11(13)16)18-14(20)17-9-5-3-2-4-6-9/h2-8H,1H3,(H2,17,18,20). The zero-order valence-corrected chi connectivity index (χ0v) is 14.6. The third kappa shape index (κ3) is 3.94. The number of methoxy groups -OCH3 is 1. The van der Waals surface area contributed by atoms with Crippen LogP contribution in [0.3, 0.4) is 0 Å². The molecule has 2 aromatic carbocycles. The molecule has 20 heavy (non-hydrogen) atoms. The maximum atomic E-state index is 5.29. The highest BCUT2D eigenvalue weighted by Crippen LogP contribution is 2.34. The number of rotatable bonds is 3. The molecule has 0 heterocycles. The van der Waals surface area contributed by atoms with Gasteiger partial charge in [0.15, 0.2) is 5.11 Å². The molecule has 104 valence electrons. The van der Waals surface area contributed by atoms with Gasteiger partial charge in [0.05, 0.1) is 17.3 Å². The molecule has 2 N–H and O–H groups in total. The Morgan fingerprint density at radius 2 is 1.75 bits per heavy atom. The predicted molar refractivity (Wildman–Crippen MR) is 94.7 cm³/mol. The highest BCUT2D eigenvalue weighted by molar-refractivity contribution is 9.11. The molecule has 0 aliphatic heterocycles. The van der Waals surface area contributed by atoms with E-state index in [9.17, 15) is 0 Å². The van der Waals surface area contributed by atoms with Gasteiger partial charge in [-0.3, -0.25) is 0 Å². The van der Waals surface area contributed by atoms with Gasteiger partial charge in [-0.25, -0.2) is 0 Å². The minimum atomic E-state index is 0.515. The monoisotopic (exact) mass is 414 g/mol. The van der Waals surface area contributed by atoms with Crippen LogP contribution in [0.25, 0.3) is 0 Å². The third-order valence-corrected chi connectivity index (χ3v) is 4.00. The van der Waals surface area contributed by atoms with Gasteiger partial charge in [0.2, 0.25) is 0 Å². The van der Waals surface area contributed by atoms with Crippen molar-refractivity contribution in [2.75, 3.05) is 17.7 Å². The molecule has 2 rings (SSSR count). The van der Waals surface area contributed by atoms with Gasteiger partial charge < -0.3 is 15.4 Å². The number of hydrogen-bond acceptors (Lipinski definition) is 2. The van der Waals surface area contributed by atoms with Crippen LogP contribution in [0.2, 0.25) is 0 Å². The molecule has 0 aliphatic carbocycles. The van der Waals surface area contributed by atoms with Crippen molar-refractivity contribution < 1.29 is 4.74 Å². The molecule has 0 bridgehead atoms. The van der Waals surface area contributed by atoms with E-state index in [0.717, 1.165) is 26.1 Å². The summed E-state index contributed by atoms with van der Waals surface area (Å²) in [5.41, 5.74) is 1.77. The fourth-order valence-corrected chi connectivity index (χ4v) is 3.07. The molecule has 0 saturated heterocycles. The van der Waals surface area contributed by atoms with Crippen LogP contribution in [0.1, 0.15) is 0 Å². The zero-order valence-electron chi connectivity index (χ0n) is 10.6. The fraction of sp³-hybridized carbons (Fsp3) is 0.0714. The molecule has 0 aromatic heterocycles. The molecule has 0 aliphatic rings. The van der Waals surface area contributed by atoms with Crippen LogP contribution in [-0.4, -0.2) is 12.2 Å². The maximum absolute atomic E-state index is 5.29. The van der Waals surface area contributed by atoms with Crippen LogP contribution in [0, 0.1) is 0 Å². The number of nitrogens with one attached hydrogen (secondary N) is 2. The van der Waals surface area contributed by atoms with Gasteiger partial charge in [-0.05, 0) is 62.3 Å². The first-order chi connectivity index (χ1) is 9.60. The molecule has 0 amide bonds. The van der Waals surface area contributed by atoms with Crippen molar-refractivity contribution in [1.29, 1.82) is 0 Å². The molecule has 6 heteroatoms. The molecule has 0 atom stereocenters. The Morgan fingerprint density at radius 3 is 2.40 bits per heavy atom. The topological polar surface area (TPSA) is 33.3 Å². The van der Waals surface area contributed by atoms with Gasteiger partial charge in [0.25, 0.3) is 0 Å². The fourth-order valence-electron chi connectivity index (χ4n) is 1.59. The number of para-hydroxylation sites is 1. The Bertz CT molecular complexity index is 620. The second-order valence-electron chi connectivity index (χ2n) is 3.91.